The molecule has 6 nitrogen and oxygen atoms in total. The number of amidine groups is 1. The molecule has 1 unspecified atom stereocenters. The Hall–Kier alpha value is -1.67. The number of rotatable bonds is 4. The highest BCUT2D eigenvalue weighted by molar-refractivity contribution is 7.90. The zero-order valence-corrected chi connectivity index (χ0v) is 12.6. The van der Waals surface area contributed by atoms with Crippen molar-refractivity contribution in [1.82, 2.24) is 4.31 Å². The van der Waals surface area contributed by atoms with Gasteiger partial charge in [-0.15, -0.1) is 0 Å². The molecule has 1 aliphatic rings. The van der Waals surface area contributed by atoms with Crippen molar-refractivity contribution in [3.05, 3.63) is 29.6 Å². The maximum absolute atomic E-state index is 13.9. The highest BCUT2D eigenvalue weighted by Gasteiger charge is 2.30. The van der Waals surface area contributed by atoms with Gasteiger partial charge in [-0.1, -0.05) is 6.42 Å². The van der Waals surface area contributed by atoms with Gasteiger partial charge in [-0.25, -0.2) is 4.39 Å². The molecule has 0 aliphatic carbocycles. The lowest BCUT2D eigenvalue weighted by atomic mass is 10.1. The smallest absolute Gasteiger partial charge is 0.301 e. The molecule has 1 saturated heterocycles. The summed E-state index contributed by atoms with van der Waals surface area (Å²) in [7, 11) is -3.78. The van der Waals surface area contributed by atoms with Gasteiger partial charge in [0.15, 0.2) is 0 Å². The molecule has 1 fully saturated rings. The first-order valence-electron chi connectivity index (χ1n) is 6.75. The van der Waals surface area contributed by atoms with Gasteiger partial charge in [0.2, 0.25) is 0 Å². The maximum Gasteiger partial charge on any atom is 0.301 e. The average molecular weight is 314 g/mol. The lowest BCUT2D eigenvalue weighted by molar-refractivity contribution is 0.270. The van der Waals surface area contributed by atoms with E-state index in [1.165, 1.54) is 16.4 Å². The molecule has 1 heterocycles. The Morgan fingerprint density at radius 2 is 2.19 bits per heavy atom. The van der Waals surface area contributed by atoms with Crippen molar-refractivity contribution in [2.75, 3.05) is 11.3 Å². The molecule has 2 rings (SSSR count). The fourth-order valence-electron chi connectivity index (χ4n) is 2.39. The van der Waals surface area contributed by atoms with Gasteiger partial charge < -0.3 is 5.73 Å². The van der Waals surface area contributed by atoms with Crippen molar-refractivity contribution in [2.45, 2.75) is 32.2 Å². The van der Waals surface area contributed by atoms with Crippen molar-refractivity contribution in [3.63, 3.8) is 0 Å². The number of nitrogen functional groups attached to an aromatic ring is 1. The molecular weight excluding hydrogens is 295 g/mol. The zero-order valence-electron chi connectivity index (χ0n) is 11.8. The molecule has 1 aliphatic heterocycles. The van der Waals surface area contributed by atoms with Crippen LogP contribution in [0.5, 0.6) is 0 Å². The minimum Gasteiger partial charge on any atom is -0.384 e. The zero-order chi connectivity index (χ0) is 15.6. The predicted octanol–water partition coefficient (Wildman–Crippen LogP) is 1.64. The van der Waals surface area contributed by atoms with E-state index in [2.05, 4.69) is 4.72 Å². The molecule has 116 valence electrons. The second kappa shape index (κ2) is 5.98. The summed E-state index contributed by atoms with van der Waals surface area (Å²) in [5.41, 5.74) is 5.33. The van der Waals surface area contributed by atoms with Gasteiger partial charge in [0.05, 0.1) is 5.69 Å². The number of nitrogens with zero attached hydrogens (tertiary/aromatic N) is 1. The molecular formula is C13H19FN4O2S. The minimum atomic E-state index is -3.78. The van der Waals surface area contributed by atoms with Crippen LogP contribution in [0.15, 0.2) is 18.2 Å². The lowest BCUT2D eigenvalue weighted by Crippen LogP contribution is -2.44. The first-order valence-corrected chi connectivity index (χ1v) is 8.19. The summed E-state index contributed by atoms with van der Waals surface area (Å²) < 4.78 is 42.2. The maximum atomic E-state index is 13.9. The molecule has 21 heavy (non-hydrogen) atoms. The van der Waals surface area contributed by atoms with Crippen LogP contribution in [-0.2, 0) is 10.2 Å². The Morgan fingerprint density at radius 3 is 2.76 bits per heavy atom. The summed E-state index contributed by atoms with van der Waals surface area (Å²) >= 11 is 0. The first-order chi connectivity index (χ1) is 9.81. The summed E-state index contributed by atoms with van der Waals surface area (Å²) in [5, 5.41) is 7.23. The second-order valence-electron chi connectivity index (χ2n) is 5.17. The second-order valence-corrected chi connectivity index (χ2v) is 6.79. The van der Waals surface area contributed by atoms with Gasteiger partial charge in [0.1, 0.15) is 11.7 Å². The third-order valence-electron chi connectivity index (χ3n) is 3.57. The number of hydrogen-bond donors (Lipinski definition) is 3. The SMILES string of the molecule is CC1CCCCN1S(=O)(=O)Nc1ccc(C(=N)N)cc1F. The molecule has 0 amide bonds. The molecule has 0 saturated carbocycles. The number of hydrogen-bond acceptors (Lipinski definition) is 3. The quantitative estimate of drug-likeness (QED) is 0.582. The van der Waals surface area contributed by atoms with Crippen LogP contribution in [-0.4, -0.2) is 31.1 Å². The van der Waals surface area contributed by atoms with Gasteiger partial charge >= 0.3 is 10.2 Å². The van der Waals surface area contributed by atoms with Gasteiger partial charge in [0, 0.05) is 18.2 Å². The van der Waals surface area contributed by atoms with E-state index in [0.717, 1.165) is 25.3 Å². The number of anilines is 1. The highest BCUT2D eigenvalue weighted by atomic mass is 32.2. The number of halogens is 1. The molecule has 0 spiro atoms. The molecule has 0 bridgehead atoms. The van der Waals surface area contributed by atoms with E-state index in [-0.39, 0.29) is 23.1 Å². The van der Waals surface area contributed by atoms with Crippen molar-refractivity contribution < 1.29 is 12.8 Å². The van der Waals surface area contributed by atoms with Gasteiger partial charge in [0.25, 0.3) is 0 Å². The topological polar surface area (TPSA) is 99.3 Å². The summed E-state index contributed by atoms with van der Waals surface area (Å²) in [6, 6.07) is 3.62. The molecule has 8 heteroatoms. The Bertz CT molecular complexity index is 648. The molecule has 0 radical (unpaired) electrons. The largest absolute Gasteiger partial charge is 0.384 e. The summed E-state index contributed by atoms with van der Waals surface area (Å²) in [6.07, 6.45) is 2.60. The number of benzene rings is 1. The first kappa shape index (κ1) is 15.7. The fourth-order valence-corrected chi connectivity index (χ4v) is 3.90. The molecule has 1 aromatic rings. The summed E-state index contributed by atoms with van der Waals surface area (Å²) in [4.78, 5) is 0. The molecule has 1 atom stereocenters. The van der Waals surface area contributed by atoms with Crippen LogP contribution in [0, 0.1) is 11.2 Å². The monoisotopic (exact) mass is 314 g/mol. The Labute approximate surface area is 123 Å². The van der Waals surface area contributed by atoms with Gasteiger partial charge in [-0.3, -0.25) is 10.1 Å². The standard InChI is InChI=1S/C13H19FN4O2S/c1-9-4-2-3-7-18(9)21(19,20)17-12-6-5-10(13(15)16)8-11(12)14/h5-6,8-9,17H,2-4,7H2,1H3,(H3,15,16). The van der Waals surface area contributed by atoms with Crippen molar-refractivity contribution in [2.24, 2.45) is 5.73 Å². The number of nitrogens with two attached hydrogens (primary N) is 1. The van der Waals surface area contributed by atoms with Crippen LogP contribution >= 0.6 is 0 Å². The van der Waals surface area contributed by atoms with Crippen LogP contribution in [0.4, 0.5) is 10.1 Å². The fraction of sp³-hybridized carbons (Fsp3) is 0.462. The minimum absolute atomic E-state index is 0.101. The Kier molecular flexibility index (Phi) is 4.48. The van der Waals surface area contributed by atoms with E-state index in [1.54, 1.807) is 0 Å². The predicted molar refractivity (Wildman–Crippen MR) is 80.0 cm³/mol. The molecule has 4 N–H and O–H groups in total. The third kappa shape index (κ3) is 3.51. The average Bonchev–Trinajstić information content (AvgIpc) is 2.41. The van der Waals surface area contributed by atoms with Crippen LogP contribution in [0.1, 0.15) is 31.7 Å². The third-order valence-corrected chi connectivity index (χ3v) is 5.21. The van der Waals surface area contributed by atoms with E-state index in [0.29, 0.717) is 6.54 Å². The van der Waals surface area contributed by atoms with E-state index in [4.69, 9.17) is 11.1 Å². The van der Waals surface area contributed by atoms with Crippen molar-refractivity contribution in [1.29, 1.82) is 5.41 Å². The van der Waals surface area contributed by atoms with Gasteiger partial charge in [-0.2, -0.15) is 12.7 Å². The molecule has 1 aromatic carbocycles. The Morgan fingerprint density at radius 1 is 1.48 bits per heavy atom. The highest BCUT2D eigenvalue weighted by Crippen LogP contribution is 2.23. The van der Waals surface area contributed by atoms with Crippen molar-refractivity contribution >= 4 is 21.7 Å². The van der Waals surface area contributed by atoms with Crippen LogP contribution in [0.25, 0.3) is 0 Å². The normalized spacial score (nSPS) is 20.2. The van der Waals surface area contributed by atoms with E-state index in [9.17, 15) is 12.8 Å². The summed E-state index contributed by atoms with van der Waals surface area (Å²) in [5.74, 6) is -1.02. The number of piperidine rings is 1. The van der Waals surface area contributed by atoms with Crippen LogP contribution < -0.4 is 10.5 Å². The van der Waals surface area contributed by atoms with Crippen LogP contribution in [0.2, 0.25) is 0 Å². The van der Waals surface area contributed by atoms with Gasteiger partial charge in [-0.05, 0) is 38.0 Å². The summed E-state index contributed by atoms with van der Waals surface area (Å²) in [6.45, 7) is 2.28. The van der Waals surface area contributed by atoms with E-state index >= 15 is 0 Å². The van der Waals surface area contributed by atoms with Crippen LogP contribution in [0.3, 0.4) is 0 Å². The lowest BCUT2D eigenvalue weighted by Gasteiger charge is -2.32. The van der Waals surface area contributed by atoms with E-state index in [1.807, 2.05) is 6.92 Å². The number of nitrogens with one attached hydrogen (secondary N) is 2. The Balaban J connectivity index is 2.22. The van der Waals surface area contributed by atoms with E-state index < -0.39 is 16.0 Å². The van der Waals surface area contributed by atoms with Crippen molar-refractivity contribution in [3.8, 4) is 0 Å². The molecule has 0 aromatic heterocycles.